The van der Waals surface area contributed by atoms with E-state index in [9.17, 15) is 9.50 Å². The molecule has 0 bridgehead atoms. The molecule has 3 N–H and O–H groups in total. The number of rotatable bonds is 8. The molecule has 1 heterocycles. The van der Waals surface area contributed by atoms with Gasteiger partial charge in [-0.1, -0.05) is 18.2 Å². The number of ether oxygens (including phenoxy) is 1. The van der Waals surface area contributed by atoms with Crippen LogP contribution in [0.15, 0.2) is 54.7 Å². The zero-order valence-corrected chi connectivity index (χ0v) is 13.3. The van der Waals surface area contributed by atoms with Crippen LogP contribution in [0.5, 0.6) is 5.75 Å². The molecule has 1 aromatic heterocycles. The highest BCUT2D eigenvalue weighted by molar-refractivity contribution is 5.83. The molecule has 0 aliphatic rings. The standard InChI is InChI=1S/C19H21FN2O2/c20-15-5-7-17(8-6-15)24-13-16(23)12-21-10-9-14-11-22-19-4-2-1-3-18(14)19/h1-8,11,16,21-23H,9-10,12-13H2/t16-/m1/s1. The van der Waals surface area contributed by atoms with Crippen molar-refractivity contribution in [3.63, 3.8) is 0 Å². The molecule has 0 saturated carbocycles. The second-order valence-corrected chi connectivity index (χ2v) is 5.73. The summed E-state index contributed by atoms with van der Waals surface area (Å²) in [5.74, 6) is 0.246. The van der Waals surface area contributed by atoms with Gasteiger partial charge in [-0.15, -0.1) is 0 Å². The van der Waals surface area contributed by atoms with Crippen LogP contribution >= 0.6 is 0 Å². The number of nitrogens with one attached hydrogen (secondary N) is 2. The number of hydrogen-bond acceptors (Lipinski definition) is 3. The third-order valence-corrected chi connectivity index (χ3v) is 3.88. The minimum absolute atomic E-state index is 0.172. The first kappa shape index (κ1) is 16.5. The van der Waals surface area contributed by atoms with E-state index < -0.39 is 6.10 Å². The highest BCUT2D eigenvalue weighted by Crippen LogP contribution is 2.17. The number of halogens is 1. The molecule has 3 aromatic rings. The maximum atomic E-state index is 12.8. The molecule has 0 radical (unpaired) electrons. The summed E-state index contributed by atoms with van der Waals surface area (Å²) in [7, 11) is 0. The van der Waals surface area contributed by atoms with Crippen LogP contribution < -0.4 is 10.1 Å². The van der Waals surface area contributed by atoms with Crippen LogP contribution in [0.4, 0.5) is 4.39 Å². The SMILES string of the molecule is O[C@H](CNCCc1c[nH]c2ccccc12)COc1ccc(F)cc1. The zero-order valence-electron chi connectivity index (χ0n) is 13.3. The second-order valence-electron chi connectivity index (χ2n) is 5.73. The topological polar surface area (TPSA) is 57.3 Å². The van der Waals surface area contributed by atoms with Crippen LogP contribution in [0, 0.1) is 5.82 Å². The van der Waals surface area contributed by atoms with Crippen molar-refractivity contribution in [2.24, 2.45) is 0 Å². The Morgan fingerprint density at radius 3 is 2.75 bits per heavy atom. The normalized spacial score (nSPS) is 12.4. The summed E-state index contributed by atoms with van der Waals surface area (Å²) in [6.07, 6.45) is 2.30. The summed E-state index contributed by atoms with van der Waals surface area (Å²) in [5, 5.41) is 14.4. The lowest BCUT2D eigenvalue weighted by molar-refractivity contribution is 0.106. The van der Waals surface area contributed by atoms with Crippen molar-refractivity contribution in [1.29, 1.82) is 0 Å². The first-order chi connectivity index (χ1) is 11.7. The Kier molecular flexibility index (Phi) is 5.46. The number of H-pyrrole nitrogens is 1. The Hall–Kier alpha value is -2.37. The van der Waals surface area contributed by atoms with E-state index in [-0.39, 0.29) is 12.4 Å². The third-order valence-electron chi connectivity index (χ3n) is 3.88. The van der Waals surface area contributed by atoms with Gasteiger partial charge in [0, 0.05) is 23.6 Å². The van der Waals surface area contributed by atoms with Crippen molar-refractivity contribution in [1.82, 2.24) is 10.3 Å². The largest absolute Gasteiger partial charge is 0.491 e. The van der Waals surface area contributed by atoms with Crippen LogP contribution in [0.1, 0.15) is 5.56 Å². The molecule has 126 valence electrons. The fourth-order valence-electron chi connectivity index (χ4n) is 2.61. The molecule has 24 heavy (non-hydrogen) atoms. The number of benzene rings is 2. The van der Waals surface area contributed by atoms with E-state index in [4.69, 9.17) is 4.74 Å². The predicted molar refractivity (Wildman–Crippen MR) is 92.8 cm³/mol. The Morgan fingerprint density at radius 1 is 1.12 bits per heavy atom. The maximum absolute atomic E-state index is 12.8. The Balaban J connectivity index is 1.37. The van der Waals surface area contributed by atoms with Gasteiger partial charge < -0.3 is 20.1 Å². The van der Waals surface area contributed by atoms with Crippen molar-refractivity contribution in [3.05, 3.63) is 66.1 Å². The molecule has 0 aliphatic heterocycles. The maximum Gasteiger partial charge on any atom is 0.123 e. The first-order valence-electron chi connectivity index (χ1n) is 8.04. The van der Waals surface area contributed by atoms with Crippen LogP contribution in [-0.2, 0) is 6.42 Å². The van der Waals surface area contributed by atoms with Gasteiger partial charge in [-0.3, -0.25) is 0 Å². The molecule has 1 atom stereocenters. The van der Waals surface area contributed by atoms with E-state index in [0.717, 1.165) is 18.5 Å². The molecular formula is C19H21FN2O2. The molecule has 5 heteroatoms. The number of aliphatic hydroxyl groups is 1. The van der Waals surface area contributed by atoms with Crippen molar-refractivity contribution >= 4 is 10.9 Å². The van der Waals surface area contributed by atoms with Crippen molar-refractivity contribution in [2.45, 2.75) is 12.5 Å². The first-order valence-corrected chi connectivity index (χ1v) is 8.04. The quantitative estimate of drug-likeness (QED) is 0.557. The van der Waals surface area contributed by atoms with Gasteiger partial charge in [0.2, 0.25) is 0 Å². The summed E-state index contributed by atoms with van der Waals surface area (Å²) in [6, 6.07) is 14.0. The van der Waals surface area contributed by atoms with Gasteiger partial charge in [0.15, 0.2) is 0 Å². The van der Waals surface area contributed by atoms with Crippen LogP contribution in [0.25, 0.3) is 10.9 Å². The number of aromatic nitrogens is 1. The van der Waals surface area contributed by atoms with E-state index >= 15 is 0 Å². The number of hydrogen-bond donors (Lipinski definition) is 3. The van der Waals surface area contributed by atoms with Gasteiger partial charge in [0.1, 0.15) is 24.3 Å². The number of aliphatic hydroxyl groups excluding tert-OH is 1. The highest BCUT2D eigenvalue weighted by atomic mass is 19.1. The van der Waals surface area contributed by atoms with E-state index in [1.807, 2.05) is 18.3 Å². The smallest absolute Gasteiger partial charge is 0.123 e. The van der Waals surface area contributed by atoms with Gasteiger partial charge in [-0.25, -0.2) is 4.39 Å². The van der Waals surface area contributed by atoms with Gasteiger partial charge >= 0.3 is 0 Å². The average Bonchev–Trinajstić information content (AvgIpc) is 3.01. The van der Waals surface area contributed by atoms with Gasteiger partial charge in [-0.2, -0.15) is 0 Å². The number of aromatic amines is 1. The summed E-state index contributed by atoms with van der Waals surface area (Å²) in [4.78, 5) is 3.26. The van der Waals surface area contributed by atoms with Crippen molar-refractivity contribution < 1.29 is 14.2 Å². The Bertz CT molecular complexity index is 770. The number of fused-ring (bicyclic) bond motifs is 1. The number of para-hydroxylation sites is 1. The minimum atomic E-state index is -0.613. The molecule has 0 fully saturated rings. The van der Waals surface area contributed by atoms with Crippen molar-refractivity contribution in [2.75, 3.05) is 19.7 Å². The van der Waals surface area contributed by atoms with Crippen LogP contribution in [0.3, 0.4) is 0 Å². The average molecular weight is 328 g/mol. The summed E-state index contributed by atoms with van der Waals surface area (Å²) < 4.78 is 18.2. The Labute approximate surface area is 140 Å². The molecule has 0 aliphatic carbocycles. The van der Waals surface area contributed by atoms with Gasteiger partial charge in [0.05, 0.1) is 0 Å². The van der Waals surface area contributed by atoms with Crippen LogP contribution in [0.2, 0.25) is 0 Å². The molecule has 0 amide bonds. The molecule has 2 aromatic carbocycles. The van der Waals surface area contributed by atoms with Crippen LogP contribution in [-0.4, -0.2) is 35.9 Å². The lowest BCUT2D eigenvalue weighted by Gasteiger charge is -2.13. The van der Waals surface area contributed by atoms with Gasteiger partial charge in [0.25, 0.3) is 0 Å². The predicted octanol–water partition coefficient (Wildman–Crippen LogP) is 2.88. The van der Waals surface area contributed by atoms with E-state index in [0.29, 0.717) is 12.3 Å². The second kappa shape index (κ2) is 7.95. The lowest BCUT2D eigenvalue weighted by atomic mass is 10.1. The molecule has 4 nitrogen and oxygen atoms in total. The fraction of sp³-hybridized carbons (Fsp3) is 0.263. The minimum Gasteiger partial charge on any atom is -0.491 e. The fourth-order valence-corrected chi connectivity index (χ4v) is 2.61. The molecular weight excluding hydrogens is 307 g/mol. The Morgan fingerprint density at radius 2 is 1.92 bits per heavy atom. The molecule has 0 saturated heterocycles. The summed E-state index contributed by atoms with van der Waals surface area (Å²) in [5.41, 5.74) is 2.40. The van der Waals surface area contributed by atoms with E-state index in [2.05, 4.69) is 22.4 Å². The van der Waals surface area contributed by atoms with E-state index in [1.54, 1.807) is 12.1 Å². The monoisotopic (exact) mass is 328 g/mol. The molecule has 0 unspecified atom stereocenters. The highest BCUT2D eigenvalue weighted by Gasteiger charge is 2.06. The lowest BCUT2D eigenvalue weighted by Crippen LogP contribution is -2.32. The molecule has 0 spiro atoms. The third kappa shape index (κ3) is 4.34. The van der Waals surface area contributed by atoms with Crippen molar-refractivity contribution in [3.8, 4) is 5.75 Å². The summed E-state index contributed by atoms with van der Waals surface area (Å²) >= 11 is 0. The zero-order chi connectivity index (χ0) is 16.8. The summed E-state index contributed by atoms with van der Waals surface area (Å²) in [6.45, 7) is 1.39. The van der Waals surface area contributed by atoms with Gasteiger partial charge in [-0.05, 0) is 48.9 Å². The van der Waals surface area contributed by atoms with E-state index in [1.165, 1.54) is 23.1 Å². The molecule has 3 rings (SSSR count).